The van der Waals surface area contributed by atoms with Gasteiger partial charge in [-0.3, -0.25) is 9.48 Å². The summed E-state index contributed by atoms with van der Waals surface area (Å²) in [7, 11) is 3.57. The first-order valence-electron chi connectivity index (χ1n) is 9.34. The molecule has 2 aromatic heterocycles. The molecule has 1 aromatic carbocycles. The van der Waals surface area contributed by atoms with Gasteiger partial charge in [0.05, 0.1) is 19.2 Å². The van der Waals surface area contributed by atoms with Crippen LogP contribution >= 0.6 is 0 Å². The first kappa shape index (κ1) is 17.5. The third-order valence-electron chi connectivity index (χ3n) is 5.30. The summed E-state index contributed by atoms with van der Waals surface area (Å²) in [5, 5.41) is 5.80. The number of pyridine rings is 1. The molecule has 0 N–H and O–H groups in total. The van der Waals surface area contributed by atoms with Crippen LogP contribution in [0.3, 0.4) is 0 Å². The molecule has 1 aliphatic rings. The van der Waals surface area contributed by atoms with Crippen molar-refractivity contribution in [2.24, 2.45) is 7.05 Å². The number of aromatic nitrogens is 3. The second kappa shape index (κ2) is 7.39. The number of fused-ring (bicyclic) bond motifs is 1. The van der Waals surface area contributed by atoms with Gasteiger partial charge in [-0.05, 0) is 42.7 Å². The van der Waals surface area contributed by atoms with Crippen molar-refractivity contribution in [3.63, 3.8) is 0 Å². The molecular weight excluding hydrogens is 340 g/mol. The van der Waals surface area contributed by atoms with Crippen LogP contribution in [0, 0.1) is 0 Å². The molecular formula is C21H24N4O2. The van der Waals surface area contributed by atoms with E-state index in [0.29, 0.717) is 6.42 Å². The summed E-state index contributed by atoms with van der Waals surface area (Å²) in [5.74, 6) is 1.23. The van der Waals surface area contributed by atoms with Crippen molar-refractivity contribution < 1.29 is 9.53 Å². The van der Waals surface area contributed by atoms with Crippen molar-refractivity contribution >= 4 is 16.9 Å². The number of methoxy groups -OCH3 is 1. The van der Waals surface area contributed by atoms with Crippen LogP contribution in [0.1, 0.15) is 30.0 Å². The molecule has 3 aromatic rings. The maximum Gasteiger partial charge on any atom is 0.227 e. The van der Waals surface area contributed by atoms with Gasteiger partial charge in [0.25, 0.3) is 0 Å². The summed E-state index contributed by atoms with van der Waals surface area (Å²) in [6.07, 6.45) is 4.26. The summed E-state index contributed by atoms with van der Waals surface area (Å²) >= 11 is 0. The van der Waals surface area contributed by atoms with Gasteiger partial charge >= 0.3 is 0 Å². The standard InChI is InChI=1S/C21H24N4O2/c1-24-21-18(6-3-11-22-21)20(23-24)16-5-4-12-25(14-16)19(26)13-15-7-9-17(27-2)10-8-15/h3,6-11,16H,4-5,12-14H2,1-2H3/t16-/m1/s1. The number of piperidine rings is 1. The first-order chi connectivity index (χ1) is 13.2. The van der Waals surface area contributed by atoms with E-state index in [4.69, 9.17) is 9.84 Å². The molecule has 0 radical (unpaired) electrons. The van der Waals surface area contributed by atoms with E-state index in [0.717, 1.165) is 54.0 Å². The van der Waals surface area contributed by atoms with Gasteiger partial charge < -0.3 is 9.64 Å². The fourth-order valence-electron chi connectivity index (χ4n) is 3.88. The second-order valence-corrected chi connectivity index (χ2v) is 7.09. The average molecular weight is 364 g/mol. The molecule has 1 atom stereocenters. The minimum absolute atomic E-state index is 0.170. The number of rotatable bonds is 4. The first-order valence-corrected chi connectivity index (χ1v) is 9.34. The van der Waals surface area contributed by atoms with E-state index in [2.05, 4.69) is 11.1 Å². The van der Waals surface area contributed by atoms with Crippen LogP contribution < -0.4 is 4.74 Å². The Labute approximate surface area is 158 Å². The van der Waals surface area contributed by atoms with Gasteiger partial charge in [-0.1, -0.05) is 12.1 Å². The molecule has 6 heteroatoms. The SMILES string of the molecule is COc1ccc(CC(=O)N2CCC[C@@H](c3nn(C)c4ncccc34)C2)cc1. The lowest BCUT2D eigenvalue weighted by Gasteiger charge is -2.32. The van der Waals surface area contributed by atoms with Gasteiger partial charge in [0.2, 0.25) is 5.91 Å². The third kappa shape index (κ3) is 3.52. The molecule has 27 heavy (non-hydrogen) atoms. The zero-order valence-corrected chi connectivity index (χ0v) is 15.8. The quantitative estimate of drug-likeness (QED) is 0.714. The van der Waals surface area contributed by atoms with Crippen LogP contribution in [0.5, 0.6) is 5.75 Å². The number of benzene rings is 1. The van der Waals surface area contributed by atoms with E-state index >= 15 is 0 Å². The topological polar surface area (TPSA) is 60.2 Å². The lowest BCUT2D eigenvalue weighted by Crippen LogP contribution is -2.40. The molecule has 4 rings (SSSR count). The Hall–Kier alpha value is -2.89. The highest BCUT2D eigenvalue weighted by molar-refractivity contribution is 5.80. The fraction of sp³-hybridized carbons (Fsp3) is 0.381. The van der Waals surface area contributed by atoms with E-state index in [1.165, 1.54) is 0 Å². The molecule has 0 unspecified atom stereocenters. The number of hydrogen-bond acceptors (Lipinski definition) is 4. The monoisotopic (exact) mass is 364 g/mol. The summed E-state index contributed by atoms with van der Waals surface area (Å²) in [6.45, 7) is 1.53. The van der Waals surface area contributed by atoms with Crippen molar-refractivity contribution in [1.29, 1.82) is 0 Å². The highest BCUT2D eigenvalue weighted by Gasteiger charge is 2.28. The largest absolute Gasteiger partial charge is 0.497 e. The van der Waals surface area contributed by atoms with Crippen LogP contribution in [-0.2, 0) is 18.3 Å². The summed E-state index contributed by atoms with van der Waals surface area (Å²) < 4.78 is 7.02. The third-order valence-corrected chi connectivity index (χ3v) is 5.30. The Morgan fingerprint density at radius 3 is 2.85 bits per heavy atom. The van der Waals surface area contributed by atoms with Gasteiger partial charge in [-0.2, -0.15) is 5.10 Å². The van der Waals surface area contributed by atoms with E-state index < -0.39 is 0 Å². The fourth-order valence-corrected chi connectivity index (χ4v) is 3.88. The number of amides is 1. The minimum atomic E-state index is 0.170. The Morgan fingerprint density at radius 1 is 1.26 bits per heavy atom. The summed E-state index contributed by atoms with van der Waals surface area (Å²) in [4.78, 5) is 19.2. The number of aryl methyl sites for hydroxylation is 1. The van der Waals surface area contributed by atoms with Crippen molar-refractivity contribution in [1.82, 2.24) is 19.7 Å². The van der Waals surface area contributed by atoms with Crippen molar-refractivity contribution in [3.8, 4) is 5.75 Å². The van der Waals surface area contributed by atoms with Crippen molar-refractivity contribution in [2.75, 3.05) is 20.2 Å². The Morgan fingerprint density at radius 2 is 2.07 bits per heavy atom. The van der Waals surface area contributed by atoms with Gasteiger partial charge in [0.1, 0.15) is 5.75 Å². The zero-order chi connectivity index (χ0) is 18.8. The molecule has 1 aliphatic heterocycles. The maximum atomic E-state index is 12.8. The van der Waals surface area contributed by atoms with E-state index in [1.807, 2.05) is 47.0 Å². The molecule has 1 saturated heterocycles. The molecule has 0 spiro atoms. The molecule has 3 heterocycles. The Bertz CT molecular complexity index is 948. The number of carbonyl (C=O) groups excluding carboxylic acids is 1. The van der Waals surface area contributed by atoms with Crippen LogP contribution in [0.4, 0.5) is 0 Å². The van der Waals surface area contributed by atoms with Crippen LogP contribution in [0.2, 0.25) is 0 Å². The molecule has 0 aliphatic carbocycles. The maximum absolute atomic E-state index is 12.8. The van der Waals surface area contributed by atoms with Crippen LogP contribution in [0.15, 0.2) is 42.6 Å². The predicted octanol–water partition coefficient (Wildman–Crippen LogP) is 2.93. The highest BCUT2D eigenvalue weighted by atomic mass is 16.5. The lowest BCUT2D eigenvalue weighted by atomic mass is 9.93. The average Bonchev–Trinajstić information content (AvgIpc) is 3.06. The molecule has 0 bridgehead atoms. The van der Waals surface area contributed by atoms with Gasteiger partial charge in [0, 0.05) is 37.6 Å². The van der Waals surface area contributed by atoms with Gasteiger partial charge in [0.15, 0.2) is 5.65 Å². The Kier molecular flexibility index (Phi) is 4.79. The van der Waals surface area contributed by atoms with Crippen LogP contribution in [0.25, 0.3) is 11.0 Å². The second-order valence-electron chi connectivity index (χ2n) is 7.09. The highest BCUT2D eigenvalue weighted by Crippen LogP contribution is 2.31. The smallest absolute Gasteiger partial charge is 0.227 e. The van der Waals surface area contributed by atoms with E-state index in [1.54, 1.807) is 13.3 Å². The zero-order valence-electron chi connectivity index (χ0n) is 15.8. The van der Waals surface area contributed by atoms with E-state index in [-0.39, 0.29) is 11.8 Å². The molecule has 140 valence electrons. The van der Waals surface area contributed by atoms with Gasteiger partial charge in [-0.25, -0.2) is 4.98 Å². The number of hydrogen-bond donors (Lipinski definition) is 0. The predicted molar refractivity (Wildman–Crippen MR) is 104 cm³/mol. The van der Waals surface area contributed by atoms with Crippen molar-refractivity contribution in [2.45, 2.75) is 25.2 Å². The molecule has 1 amide bonds. The molecule has 1 fully saturated rings. The molecule has 0 saturated carbocycles. The van der Waals surface area contributed by atoms with Gasteiger partial charge in [-0.15, -0.1) is 0 Å². The van der Waals surface area contributed by atoms with Crippen molar-refractivity contribution in [3.05, 3.63) is 53.9 Å². The number of likely N-dealkylation sites (tertiary alicyclic amines) is 1. The van der Waals surface area contributed by atoms with E-state index in [9.17, 15) is 4.79 Å². The number of nitrogens with zero attached hydrogens (tertiary/aromatic N) is 4. The summed E-state index contributed by atoms with van der Waals surface area (Å²) in [5.41, 5.74) is 2.96. The Balaban J connectivity index is 1.49. The molecule has 6 nitrogen and oxygen atoms in total. The summed E-state index contributed by atoms with van der Waals surface area (Å²) in [6, 6.07) is 11.7. The number of carbonyl (C=O) groups is 1. The number of ether oxygens (including phenoxy) is 1. The van der Waals surface area contributed by atoms with Crippen LogP contribution in [-0.4, -0.2) is 45.8 Å². The normalized spacial score (nSPS) is 17.3. The minimum Gasteiger partial charge on any atom is -0.497 e. The lowest BCUT2D eigenvalue weighted by molar-refractivity contribution is -0.131.